The van der Waals surface area contributed by atoms with Crippen LogP contribution in [0, 0.1) is 0 Å². The Bertz CT molecular complexity index is 393. The number of anilines is 1. The molecule has 0 radical (unpaired) electrons. The van der Waals surface area contributed by atoms with Crippen LogP contribution in [0.3, 0.4) is 0 Å². The van der Waals surface area contributed by atoms with Crippen LogP contribution in [0.5, 0.6) is 0 Å². The Morgan fingerprint density at radius 2 is 1.89 bits per heavy atom. The highest BCUT2D eigenvalue weighted by atomic mass is 15.0. The minimum Gasteiger partial charge on any atom is -0.367 e. The second-order valence-electron chi connectivity index (χ2n) is 5.92. The molecule has 1 saturated carbocycles. The monoisotopic (exact) mass is 259 g/mol. The van der Waals surface area contributed by atoms with Crippen LogP contribution >= 0.6 is 0 Å². The summed E-state index contributed by atoms with van der Waals surface area (Å²) in [4.78, 5) is 4.60. The van der Waals surface area contributed by atoms with E-state index in [9.17, 15) is 0 Å². The number of rotatable bonds is 3. The summed E-state index contributed by atoms with van der Waals surface area (Å²) in [6, 6.07) is 5.43. The fraction of sp³-hybridized carbons (Fsp3) is 0.688. The molecule has 1 aliphatic carbocycles. The van der Waals surface area contributed by atoms with Gasteiger partial charge in [-0.25, -0.2) is 4.98 Å². The molecule has 1 saturated heterocycles. The number of aromatic nitrogens is 1. The molecular formula is C16H25N3. The highest BCUT2D eigenvalue weighted by Crippen LogP contribution is 2.29. The molecule has 2 N–H and O–H groups in total. The highest BCUT2D eigenvalue weighted by molar-refractivity contribution is 5.46. The minimum absolute atomic E-state index is 0.494. The zero-order chi connectivity index (χ0) is 12.9. The van der Waals surface area contributed by atoms with E-state index >= 15 is 0 Å². The maximum absolute atomic E-state index is 4.60. The van der Waals surface area contributed by atoms with Gasteiger partial charge in [0, 0.05) is 23.8 Å². The average Bonchev–Trinajstić information content (AvgIpc) is 2.50. The second-order valence-corrected chi connectivity index (χ2v) is 5.92. The number of nitrogens with zero attached hydrogens (tertiary/aromatic N) is 1. The molecular weight excluding hydrogens is 234 g/mol. The van der Waals surface area contributed by atoms with Gasteiger partial charge >= 0.3 is 0 Å². The third-order valence-electron chi connectivity index (χ3n) is 4.47. The molecule has 3 heteroatoms. The van der Waals surface area contributed by atoms with Crippen molar-refractivity contribution < 1.29 is 0 Å². The van der Waals surface area contributed by atoms with Gasteiger partial charge in [0.15, 0.2) is 0 Å². The molecule has 0 bridgehead atoms. The Morgan fingerprint density at radius 1 is 1.05 bits per heavy atom. The summed E-state index contributed by atoms with van der Waals surface area (Å²) in [7, 11) is 0. The molecule has 2 fully saturated rings. The van der Waals surface area contributed by atoms with Crippen LogP contribution in [0.25, 0.3) is 0 Å². The van der Waals surface area contributed by atoms with Gasteiger partial charge in [0.05, 0.1) is 0 Å². The van der Waals surface area contributed by atoms with E-state index in [0.717, 1.165) is 12.4 Å². The van der Waals surface area contributed by atoms with Crippen molar-refractivity contribution in [3.63, 3.8) is 0 Å². The summed E-state index contributed by atoms with van der Waals surface area (Å²) in [5.41, 5.74) is 1.37. The van der Waals surface area contributed by atoms with Crippen LogP contribution in [0.2, 0.25) is 0 Å². The van der Waals surface area contributed by atoms with E-state index in [1.165, 1.54) is 56.9 Å². The normalized spacial score (nSPS) is 25.2. The smallest absolute Gasteiger partial charge is 0.130 e. The summed E-state index contributed by atoms with van der Waals surface area (Å²) in [5.74, 6) is 1.12. The molecule has 1 aromatic heterocycles. The molecule has 2 heterocycles. The number of hydrogen-bond donors (Lipinski definition) is 2. The molecule has 1 atom stereocenters. The van der Waals surface area contributed by atoms with Gasteiger partial charge in [-0.2, -0.15) is 0 Å². The molecule has 0 unspecified atom stereocenters. The first-order valence-corrected chi connectivity index (χ1v) is 7.88. The molecule has 3 nitrogen and oxygen atoms in total. The summed E-state index contributed by atoms with van der Waals surface area (Å²) in [6.07, 6.45) is 12.5. The lowest BCUT2D eigenvalue weighted by atomic mass is 9.94. The van der Waals surface area contributed by atoms with Gasteiger partial charge < -0.3 is 10.6 Å². The van der Waals surface area contributed by atoms with Crippen molar-refractivity contribution in [2.45, 2.75) is 63.5 Å². The van der Waals surface area contributed by atoms with Crippen LogP contribution in [-0.4, -0.2) is 17.6 Å². The quantitative estimate of drug-likeness (QED) is 0.870. The van der Waals surface area contributed by atoms with Crippen molar-refractivity contribution in [3.8, 4) is 0 Å². The number of piperidine rings is 1. The van der Waals surface area contributed by atoms with Crippen molar-refractivity contribution in [2.24, 2.45) is 0 Å². The van der Waals surface area contributed by atoms with Crippen LogP contribution in [-0.2, 0) is 0 Å². The maximum atomic E-state index is 4.60. The van der Waals surface area contributed by atoms with E-state index in [1.807, 2.05) is 6.20 Å². The van der Waals surface area contributed by atoms with Gasteiger partial charge in [-0.3, -0.25) is 0 Å². The van der Waals surface area contributed by atoms with E-state index < -0.39 is 0 Å². The second kappa shape index (κ2) is 6.38. The molecule has 1 aliphatic heterocycles. The van der Waals surface area contributed by atoms with Crippen molar-refractivity contribution in [2.75, 3.05) is 11.9 Å². The molecule has 104 valence electrons. The lowest BCUT2D eigenvalue weighted by Crippen LogP contribution is -2.29. The predicted octanol–water partition coefficient (Wildman–Crippen LogP) is 3.64. The Hall–Kier alpha value is -1.09. The SMILES string of the molecule is c1cnc(NC2CCCCC2)c([C@H]2CCCCN2)c1. The van der Waals surface area contributed by atoms with Crippen LogP contribution < -0.4 is 10.6 Å². The van der Waals surface area contributed by atoms with Gasteiger partial charge in [0.2, 0.25) is 0 Å². The topological polar surface area (TPSA) is 37.0 Å². The minimum atomic E-state index is 0.494. The first-order valence-electron chi connectivity index (χ1n) is 7.88. The lowest BCUT2D eigenvalue weighted by molar-refractivity contribution is 0.411. The van der Waals surface area contributed by atoms with Crippen LogP contribution in [0.15, 0.2) is 18.3 Å². The van der Waals surface area contributed by atoms with Crippen LogP contribution in [0.4, 0.5) is 5.82 Å². The number of hydrogen-bond acceptors (Lipinski definition) is 3. The van der Waals surface area contributed by atoms with E-state index in [-0.39, 0.29) is 0 Å². The fourth-order valence-corrected chi connectivity index (χ4v) is 3.38. The van der Waals surface area contributed by atoms with E-state index in [2.05, 4.69) is 27.8 Å². The van der Waals surface area contributed by atoms with Crippen molar-refractivity contribution >= 4 is 5.82 Å². The van der Waals surface area contributed by atoms with E-state index in [0.29, 0.717) is 12.1 Å². The maximum Gasteiger partial charge on any atom is 0.130 e. The van der Waals surface area contributed by atoms with E-state index in [4.69, 9.17) is 0 Å². The van der Waals surface area contributed by atoms with Gasteiger partial charge in [0.1, 0.15) is 5.82 Å². The Labute approximate surface area is 116 Å². The summed E-state index contributed by atoms with van der Waals surface area (Å²) < 4.78 is 0. The fourth-order valence-electron chi connectivity index (χ4n) is 3.38. The third kappa shape index (κ3) is 3.27. The Balaban J connectivity index is 1.72. The average molecular weight is 259 g/mol. The molecule has 0 aromatic carbocycles. The molecule has 1 aromatic rings. The molecule has 0 amide bonds. The van der Waals surface area contributed by atoms with Gasteiger partial charge in [-0.05, 0) is 38.3 Å². The molecule has 2 aliphatic rings. The number of nitrogens with one attached hydrogen (secondary N) is 2. The standard InChI is InChI=1S/C16H25N3/c1-2-7-13(8-3-1)19-16-14(9-6-12-18-16)15-10-4-5-11-17-15/h6,9,12-13,15,17H,1-5,7-8,10-11H2,(H,18,19)/t15-/m1/s1. The first kappa shape index (κ1) is 12.9. The molecule has 19 heavy (non-hydrogen) atoms. The van der Waals surface area contributed by atoms with Crippen molar-refractivity contribution in [1.82, 2.24) is 10.3 Å². The summed E-state index contributed by atoms with van der Waals surface area (Å²) in [5, 5.41) is 7.33. The van der Waals surface area contributed by atoms with Gasteiger partial charge in [-0.15, -0.1) is 0 Å². The predicted molar refractivity (Wildman–Crippen MR) is 79.3 cm³/mol. The van der Waals surface area contributed by atoms with E-state index in [1.54, 1.807) is 0 Å². The largest absolute Gasteiger partial charge is 0.367 e. The van der Waals surface area contributed by atoms with Gasteiger partial charge in [0.25, 0.3) is 0 Å². The van der Waals surface area contributed by atoms with Crippen molar-refractivity contribution in [3.05, 3.63) is 23.9 Å². The Kier molecular flexibility index (Phi) is 4.34. The zero-order valence-electron chi connectivity index (χ0n) is 11.7. The van der Waals surface area contributed by atoms with Crippen LogP contribution in [0.1, 0.15) is 63.0 Å². The first-order chi connectivity index (χ1) is 9.43. The number of pyridine rings is 1. The zero-order valence-corrected chi connectivity index (χ0v) is 11.7. The van der Waals surface area contributed by atoms with Gasteiger partial charge in [-0.1, -0.05) is 31.7 Å². The summed E-state index contributed by atoms with van der Waals surface area (Å²) in [6.45, 7) is 1.14. The lowest BCUT2D eigenvalue weighted by Gasteiger charge is -2.28. The Morgan fingerprint density at radius 3 is 2.68 bits per heavy atom. The highest BCUT2D eigenvalue weighted by Gasteiger charge is 2.20. The third-order valence-corrected chi connectivity index (χ3v) is 4.47. The molecule has 0 spiro atoms. The summed E-state index contributed by atoms with van der Waals surface area (Å²) >= 11 is 0. The van der Waals surface area contributed by atoms with Crippen molar-refractivity contribution in [1.29, 1.82) is 0 Å². The molecule has 3 rings (SSSR count).